The van der Waals surface area contributed by atoms with Crippen LogP contribution in [0.25, 0.3) is 0 Å². The fraction of sp³-hybridized carbons (Fsp3) is 0.316. The van der Waals surface area contributed by atoms with Crippen LogP contribution in [0.5, 0.6) is 11.5 Å². The Labute approximate surface area is 154 Å². The maximum absolute atomic E-state index is 12.4. The molecule has 0 aliphatic rings. The molecule has 140 valence electrons. The predicted octanol–water partition coefficient (Wildman–Crippen LogP) is 3.31. The Kier molecular flexibility index (Phi) is 5.92. The average molecular weight is 376 g/mol. The van der Waals surface area contributed by atoms with Crippen molar-refractivity contribution in [1.29, 1.82) is 0 Å². The van der Waals surface area contributed by atoms with Gasteiger partial charge in [-0.15, -0.1) is 0 Å². The van der Waals surface area contributed by atoms with Crippen LogP contribution in [-0.2, 0) is 15.4 Å². The van der Waals surface area contributed by atoms with Crippen LogP contribution >= 0.6 is 0 Å². The first kappa shape index (κ1) is 19.8. The Morgan fingerprint density at radius 2 is 1.65 bits per heavy atom. The van der Waals surface area contributed by atoms with E-state index < -0.39 is 10.0 Å². The number of para-hydroxylation sites is 1. The molecule has 0 bridgehead atoms. The summed E-state index contributed by atoms with van der Waals surface area (Å²) in [6.07, 6.45) is 1.38. The first-order valence-corrected chi connectivity index (χ1v) is 9.54. The molecular weight excluding hydrogens is 352 g/mol. The van der Waals surface area contributed by atoms with Gasteiger partial charge in [0.25, 0.3) is 10.0 Å². The summed E-state index contributed by atoms with van der Waals surface area (Å²) >= 11 is 0. The summed E-state index contributed by atoms with van der Waals surface area (Å²) in [6.45, 7) is 6.21. The molecule has 0 saturated heterocycles. The van der Waals surface area contributed by atoms with Crippen molar-refractivity contribution in [1.82, 2.24) is 4.83 Å². The van der Waals surface area contributed by atoms with Gasteiger partial charge in [0.15, 0.2) is 11.5 Å². The molecule has 0 aliphatic carbocycles. The quantitative estimate of drug-likeness (QED) is 0.620. The van der Waals surface area contributed by atoms with E-state index in [0.29, 0.717) is 17.1 Å². The highest BCUT2D eigenvalue weighted by Crippen LogP contribution is 2.29. The van der Waals surface area contributed by atoms with E-state index in [4.69, 9.17) is 9.47 Å². The van der Waals surface area contributed by atoms with E-state index in [1.54, 1.807) is 30.3 Å². The van der Waals surface area contributed by atoms with Crippen molar-refractivity contribution in [3.63, 3.8) is 0 Å². The number of hydrogen-bond acceptors (Lipinski definition) is 5. The lowest BCUT2D eigenvalue weighted by Crippen LogP contribution is -2.19. The Balaban J connectivity index is 2.19. The molecule has 1 N–H and O–H groups in total. The summed E-state index contributed by atoms with van der Waals surface area (Å²) in [5.41, 5.74) is 1.61. The lowest BCUT2D eigenvalue weighted by Gasteiger charge is -2.19. The summed E-state index contributed by atoms with van der Waals surface area (Å²) < 4.78 is 35.3. The van der Waals surface area contributed by atoms with E-state index in [-0.39, 0.29) is 10.3 Å². The van der Waals surface area contributed by atoms with E-state index in [9.17, 15) is 8.42 Å². The molecule has 0 amide bonds. The zero-order chi connectivity index (χ0) is 19.4. The molecule has 0 aliphatic heterocycles. The van der Waals surface area contributed by atoms with Crippen LogP contribution in [-0.4, -0.2) is 28.9 Å². The van der Waals surface area contributed by atoms with Crippen molar-refractivity contribution in [2.75, 3.05) is 14.2 Å². The highest BCUT2D eigenvalue weighted by Gasteiger charge is 2.17. The normalized spacial score (nSPS) is 12.2. The highest BCUT2D eigenvalue weighted by molar-refractivity contribution is 7.89. The second kappa shape index (κ2) is 7.78. The van der Waals surface area contributed by atoms with Gasteiger partial charge in [0.05, 0.1) is 25.3 Å². The minimum absolute atomic E-state index is 0.0448. The van der Waals surface area contributed by atoms with Crippen molar-refractivity contribution in [3.8, 4) is 11.5 Å². The third-order valence-electron chi connectivity index (χ3n) is 3.84. The van der Waals surface area contributed by atoms with Crippen LogP contribution in [0.4, 0.5) is 0 Å². The first-order chi connectivity index (χ1) is 12.2. The monoisotopic (exact) mass is 376 g/mol. The molecule has 0 atom stereocenters. The number of nitrogens with zero attached hydrogens (tertiary/aromatic N) is 1. The van der Waals surface area contributed by atoms with Crippen molar-refractivity contribution in [2.45, 2.75) is 31.1 Å². The van der Waals surface area contributed by atoms with Crippen molar-refractivity contribution in [3.05, 3.63) is 53.6 Å². The van der Waals surface area contributed by atoms with Gasteiger partial charge in [-0.3, -0.25) is 0 Å². The lowest BCUT2D eigenvalue weighted by atomic mass is 9.87. The predicted molar refractivity (Wildman–Crippen MR) is 103 cm³/mol. The number of hydrazone groups is 1. The molecule has 0 fully saturated rings. The summed E-state index contributed by atoms with van der Waals surface area (Å²) in [7, 11) is -0.707. The van der Waals surface area contributed by atoms with Crippen molar-refractivity contribution >= 4 is 16.2 Å². The topological polar surface area (TPSA) is 77.0 Å². The Bertz CT molecular complexity index is 883. The Morgan fingerprint density at radius 3 is 2.19 bits per heavy atom. The standard InChI is InChI=1S/C19H24N2O4S/c1-19(2,3)15-9-11-16(12-10-15)26(22,23)21-20-13-14-7-6-8-17(24-4)18(14)25-5/h6-13,21H,1-5H3/b20-13+. The van der Waals surface area contributed by atoms with E-state index in [1.165, 1.54) is 20.4 Å². The maximum atomic E-state index is 12.4. The van der Waals surface area contributed by atoms with Crippen molar-refractivity contribution < 1.29 is 17.9 Å². The van der Waals surface area contributed by atoms with Gasteiger partial charge in [0, 0.05) is 5.56 Å². The van der Waals surface area contributed by atoms with E-state index in [2.05, 4.69) is 30.7 Å². The summed E-state index contributed by atoms with van der Waals surface area (Å²) in [4.78, 5) is 2.37. The summed E-state index contributed by atoms with van der Waals surface area (Å²) in [6, 6.07) is 12.0. The minimum atomic E-state index is -3.75. The molecule has 0 spiro atoms. The summed E-state index contributed by atoms with van der Waals surface area (Å²) in [5.74, 6) is 1.02. The van der Waals surface area contributed by atoms with Gasteiger partial charge in [0.1, 0.15) is 0 Å². The van der Waals surface area contributed by atoms with E-state index in [1.807, 2.05) is 12.1 Å². The zero-order valence-electron chi connectivity index (χ0n) is 15.6. The molecule has 6 nitrogen and oxygen atoms in total. The molecule has 2 aromatic carbocycles. The molecule has 0 radical (unpaired) electrons. The second-order valence-electron chi connectivity index (χ2n) is 6.71. The van der Waals surface area contributed by atoms with Gasteiger partial charge in [0.2, 0.25) is 0 Å². The molecule has 0 heterocycles. The number of methoxy groups -OCH3 is 2. The van der Waals surface area contributed by atoms with Crippen molar-refractivity contribution in [2.24, 2.45) is 5.10 Å². The first-order valence-electron chi connectivity index (χ1n) is 8.05. The van der Waals surface area contributed by atoms with Crippen LogP contribution < -0.4 is 14.3 Å². The number of rotatable bonds is 6. The zero-order valence-corrected chi connectivity index (χ0v) is 16.4. The molecular formula is C19H24N2O4S. The maximum Gasteiger partial charge on any atom is 0.276 e. The number of nitrogens with one attached hydrogen (secondary N) is 1. The number of sulfonamides is 1. The van der Waals surface area contributed by atoms with Crippen LogP contribution in [0, 0.1) is 0 Å². The van der Waals surface area contributed by atoms with Gasteiger partial charge in [-0.2, -0.15) is 13.5 Å². The minimum Gasteiger partial charge on any atom is -0.493 e. The van der Waals surface area contributed by atoms with Crippen LogP contribution in [0.3, 0.4) is 0 Å². The largest absolute Gasteiger partial charge is 0.493 e. The second-order valence-corrected chi connectivity index (χ2v) is 8.37. The molecule has 0 unspecified atom stereocenters. The molecule has 0 aromatic heterocycles. The molecule has 7 heteroatoms. The van der Waals surface area contributed by atoms with Crippen LogP contribution in [0.2, 0.25) is 0 Å². The fourth-order valence-electron chi connectivity index (χ4n) is 2.37. The van der Waals surface area contributed by atoms with Gasteiger partial charge in [-0.1, -0.05) is 39.0 Å². The average Bonchev–Trinajstić information content (AvgIpc) is 2.60. The fourth-order valence-corrected chi connectivity index (χ4v) is 3.16. The van der Waals surface area contributed by atoms with Gasteiger partial charge in [-0.25, -0.2) is 4.83 Å². The van der Waals surface area contributed by atoms with Gasteiger partial charge >= 0.3 is 0 Å². The molecule has 2 aromatic rings. The van der Waals surface area contributed by atoms with Crippen LogP contribution in [0.1, 0.15) is 31.9 Å². The number of benzene rings is 2. The van der Waals surface area contributed by atoms with Gasteiger partial charge in [-0.05, 0) is 35.2 Å². The SMILES string of the molecule is COc1cccc(/C=N/NS(=O)(=O)c2ccc(C(C)(C)C)cc2)c1OC. The Hall–Kier alpha value is -2.54. The van der Waals surface area contributed by atoms with E-state index in [0.717, 1.165) is 5.56 Å². The molecule has 26 heavy (non-hydrogen) atoms. The third-order valence-corrected chi connectivity index (χ3v) is 5.08. The Morgan fingerprint density at radius 1 is 1.00 bits per heavy atom. The number of ether oxygens (including phenoxy) is 2. The smallest absolute Gasteiger partial charge is 0.276 e. The van der Waals surface area contributed by atoms with E-state index >= 15 is 0 Å². The molecule has 0 saturated carbocycles. The van der Waals surface area contributed by atoms with Crippen LogP contribution in [0.15, 0.2) is 52.5 Å². The summed E-state index contributed by atoms with van der Waals surface area (Å²) in [5, 5.41) is 3.85. The van der Waals surface area contributed by atoms with Gasteiger partial charge < -0.3 is 9.47 Å². The highest BCUT2D eigenvalue weighted by atomic mass is 32.2. The molecule has 2 rings (SSSR count). The number of hydrogen-bond donors (Lipinski definition) is 1. The lowest BCUT2D eigenvalue weighted by molar-refractivity contribution is 0.354. The third kappa shape index (κ3) is 4.54.